The Bertz CT molecular complexity index is 780. The quantitative estimate of drug-likeness (QED) is 0.696. The minimum Gasteiger partial charge on any atom is -0.481 e. The zero-order valence-corrected chi connectivity index (χ0v) is 10.3. The molecule has 0 atom stereocenters. The van der Waals surface area contributed by atoms with Gasteiger partial charge in [0.2, 0.25) is 0 Å². The SMILES string of the molecule is N#Cc1c(SCC(=O)O)sc2c(=O)[nH]c(=O)[nH]c12. The number of carbonyl (C=O) groups is 1. The smallest absolute Gasteiger partial charge is 0.326 e. The number of thiophene rings is 1. The first kappa shape index (κ1) is 12.4. The van der Waals surface area contributed by atoms with E-state index in [0.717, 1.165) is 23.1 Å². The fourth-order valence-corrected chi connectivity index (χ4v) is 3.37. The molecule has 2 heterocycles. The van der Waals surface area contributed by atoms with Crippen molar-refractivity contribution in [1.29, 1.82) is 5.26 Å². The van der Waals surface area contributed by atoms with Gasteiger partial charge in [-0.2, -0.15) is 5.26 Å². The molecule has 0 saturated carbocycles. The molecule has 0 amide bonds. The van der Waals surface area contributed by atoms with Crippen LogP contribution in [0.3, 0.4) is 0 Å². The third-order valence-electron chi connectivity index (χ3n) is 1.99. The lowest BCUT2D eigenvalue weighted by atomic mass is 10.3. The van der Waals surface area contributed by atoms with Crippen LogP contribution in [0.4, 0.5) is 0 Å². The summed E-state index contributed by atoms with van der Waals surface area (Å²) in [5.74, 6) is -1.24. The fourth-order valence-electron chi connectivity index (χ4n) is 1.32. The Morgan fingerprint density at radius 3 is 2.78 bits per heavy atom. The number of hydrogen-bond acceptors (Lipinski definition) is 6. The lowest BCUT2D eigenvalue weighted by Gasteiger charge is -1.93. The summed E-state index contributed by atoms with van der Waals surface area (Å²) in [7, 11) is 0. The lowest BCUT2D eigenvalue weighted by Crippen LogP contribution is -2.20. The van der Waals surface area contributed by atoms with Gasteiger partial charge in [0.1, 0.15) is 16.3 Å². The van der Waals surface area contributed by atoms with Crippen LogP contribution >= 0.6 is 23.1 Å². The predicted molar refractivity (Wildman–Crippen MR) is 66.1 cm³/mol. The Balaban J connectivity index is 2.66. The van der Waals surface area contributed by atoms with Gasteiger partial charge in [0.25, 0.3) is 5.56 Å². The van der Waals surface area contributed by atoms with Crippen molar-refractivity contribution in [3.05, 3.63) is 26.4 Å². The maximum absolute atomic E-state index is 11.5. The predicted octanol–water partition coefficient (Wildman–Crippen LogP) is 0.326. The highest BCUT2D eigenvalue weighted by Gasteiger charge is 2.16. The molecule has 0 aromatic carbocycles. The maximum Gasteiger partial charge on any atom is 0.326 e. The van der Waals surface area contributed by atoms with Crippen LogP contribution in [0.25, 0.3) is 10.2 Å². The molecule has 0 unspecified atom stereocenters. The Morgan fingerprint density at radius 2 is 2.17 bits per heavy atom. The summed E-state index contributed by atoms with van der Waals surface area (Å²) in [6, 6.07) is 1.87. The third kappa shape index (κ3) is 2.15. The van der Waals surface area contributed by atoms with Gasteiger partial charge in [-0.25, -0.2) is 4.79 Å². The van der Waals surface area contributed by atoms with E-state index in [1.165, 1.54) is 0 Å². The van der Waals surface area contributed by atoms with Gasteiger partial charge in [-0.15, -0.1) is 23.1 Å². The summed E-state index contributed by atoms with van der Waals surface area (Å²) in [5, 5.41) is 17.6. The molecule has 0 aliphatic carbocycles. The number of aromatic nitrogens is 2. The summed E-state index contributed by atoms with van der Waals surface area (Å²) >= 11 is 1.93. The van der Waals surface area contributed by atoms with Gasteiger partial charge in [0.05, 0.1) is 15.5 Å². The maximum atomic E-state index is 11.5. The van der Waals surface area contributed by atoms with Crippen molar-refractivity contribution >= 4 is 39.3 Å². The van der Waals surface area contributed by atoms with Crippen LogP contribution in [-0.4, -0.2) is 26.8 Å². The average molecular weight is 283 g/mol. The standard InChI is InChI=1S/C9H5N3O4S2/c10-1-3-5-6(7(15)12-9(16)11-5)18-8(3)17-2-4(13)14/h2H2,(H,13,14)(H2,11,12,15,16). The van der Waals surface area contributed by atoms with Crippen molar-refractivity contribution in [2.24, 2.45) is 0 Å². The van der Waals surface area contributed by atoms with Crippen LogP contribution in [-0.2, 0) is 4.79 Å². The van der Waals surface area contributed by atoms with Gasteiger partial charge in [-0.05, 0) is 0 Å². The molecule has 0 spiro atoms. The molecule has 3 N–H and O–H groups in total. The fraction of sp³-hybridized carbons (Fsp3) is 0.111. The second kappa shape index (κ2) is 4.67. The average Bonchev–Trinajstić information content (AvgIpc) is 2.64. The molecule has 2 aromatic rings. The van der Waals surface area contributed by atoms with E-state index < -0.39 is 17.2 Å². The van der Waals surface area contributed by atoms with E-state index >= 15 is 0 Å². The molecule has 18 heavy (non-hydrogen) atoms. The van der Waals surface area contributed by atoms with Crippen LogP contribution in [0.1, 0.15) is 5.56 Å². The van der Waals surface area contributed by atoms with Crippen molar-refractivity contribution in [2.45, 2.75) is 4.21 Å². The number of aromatic amines is 2. The molecule has 7 nitrogen and oxygen atoms in total. The molecule has 2 rings (SSSR count). The Hall–Kier alpha value is -2.05. The Labute approximate surface area is 107 Å². The molecule has 9 heteroatoms. The Morgan fingerprint density at radius 1 is 1.44 bits per heavy atom. The Kier molecular flexibility index (Phi) is 3.22. The molecule has 0 bridgehead atoms. The lowest BCUT2D eigenvalue weighted by molar-refractivity contribution is -0.133. The first-order valence-electron chi connectivity index (χ1n) is 4.56. The normalized spacial score (nSPS) is 10.4. The second-order valence-corrected chi connectivity index (χ2v) is 5.44. The minimum atomic E-state index is -1.02. The third-order valence-corrected chi connectivity index (χ3v) is 4.43. The van der Waals surface area contributed by atoms with E-state index in [0.29, 0.717) is 4.21 Å². The highest BCUT2D eigenvalue weighted by atomic mass is 32.2. The number of hydrogen-bond donors (Lipinski definition) is 3. The number of aliphatic carboxylic acids is 1. The number of carboxylic acid groups (broad SMARTS) is 1. The first-order valence-corrected chi connectivity index (χ1v) is 6.37. The van der Waals surface area contributed by atoms with Crippen LogP contribution < -0.4 is 11.2 Å². The van der Waals surface area contributed by atoms with Crippen molar-refractivity contribution in [2.75, 3.05) is 5.75 Å². The zero-order valence-electron chi connectivity index (χ0n) is 8.64. The summed E-state index contributed by atoms with van der Waals surface area (Å²) in [6.07, 6.45) is 0. The molecule has 0 aliphatic heterocycles. The van der Waals surface area contributed by atoms with Crippen molar-refractivity contribution in [3.8, 4) is 6.07 Å². The number of fused-ring (bicyclic) bond motifs is 1. The van der Waals surface area contributed by atoms with Gasteiger partial charge >= 0.3 is 11.7 Å². The van der Waals surface area contributed by atoms with Crippen LogP contribution in [0, 0.1) is 11.3 Å². The number of nitriles is 1. The number of thioether (sulfide) groups is 1. The zero-order chi connectivity index (χ0) is 13.3. The van der Waals surface area contributed by atoms with E-state index in [1.54, 1.807) is 0 Å². The van der Waals surface area contributed by atoms with Gasteiger partial charge in [0, 0.05) is 0 Å². The molecule has 0 saturated heterocycles. The molecule has 2 aromatic heterocycles. The largest absolute Gasteiger partial charge is 0.481 e. The molecular weight excluding hydrogens is 278 g/mol. The number of nitrogens with one attached hydrogen (secondary N) is 2. The highest BCUT2D eigenvalue weighted by Crippen LogP contribution is 2.34. The van der Waals surface area contributed by atoms with E-state index in [1.807, 2.05) is 6.07 Å². The molecule has 0 fully saturated rings. The number of nitrogens with zero attached hydrogens (tertiary/aromatic N) is 1. The molecule has 0 radical (unpaired) electrons. The number of carboxylic acids is 1. The van der Waals surface area contributed by atoms with E-state index in [2.05, 4.69) is 9.97 Å². The van der Waals surface area contributed by atoms with E-state index in [-0.39, 0.29) is 21.5 Å². The molecule has 0 aliphatic rings. The van der Waals surface area contributed by atoms with Gasteiger partial charge in [-0.1, -0.05) is 0 Å². The van der Waals surface area contributed by atoms with Crippen LogP contribution in [0.15, 0.2) is 13.8 Å². The summed E-state index contributed by atoms with van der Waals surface area (Å²) in [4.78, 5) is 37.6. The van der Waals surface area contributed by atoms with E-state index in [4.69, 9.17) is 10.4 Å². The summed E-state index contributed by atoms with van der Waals surface area (Å²) < 4.78 is 0.612. The molecule has 92 valence electrons. The van der Waals surface area contributed by atoms with Crippen LogP contribution in [0.2, 0.25) is 0 Å². The minimum absolute atomic E-state index is 0.129. The summed E-state index contributed by atoms with van der Waals surface area (Å²) in [6.45, 7) is 0. The highest BCUT2D eigenvalue weighted by molar-refractivity contribution is 8.01. The van der Waals surface area contributed by atoms with Crippen molar-refractivity contribution in [3.63, 3.8) is 0 Å². The van der Waals surface area contributed by atoms with Gasteiger partial charge in [-0.3, -0.25) is 14.6 Å². The first-order chi connectivity index (χ1) is 8.52. The van der Waals surface area contributed by atoms with Gasteiger partial charge in [0.15, 0.2) is 0 Å². The monoisotopic (exact) mass is 283 g/mol. The van der Waals surface area contributed by atoms with E-state index in [9.17, 15) is 14.4 Å². The van der Waals surface area contributed by atoms with Crippen LogP contribution in [0.5, 0.6) is 0 Å². The molecular formula is C9H5N3O4S2. The van der Waals surface area contributed by atoms with Crippen molar-refractivity contribution in [1.82, 2.24) is 9.97 Å². The number of H-pyrrole nitrogens is 2. The summed E-state index contributed by atoms with van der Waals surface area (Å²) in [5.41, 5.74) is -0.998. The topological polar surface area (TPSA) is 127 Å². The van der Waals surface area contributed by atoms with Gasteiger partial charge < -0.3 is 10.1 Å². The second-order valence-electron chi connectivity index (χ2n) is 3.17. The van der Waals surface area contributed by atoms with Crippen molar-refractivity contribution < 1.29 is 9.90 Å². The number of rotatable bonds is 3.